The zero-order valence-electron chi connectivity index (χ0n) is 21.5. The molecule has 6 heteroatoms. The Labute approximate surface area is 196 Å². The summed E-state index contributed by atoms with van der Waals surface area (Å²) >= 11 is 0. The van der Waals surface area contributed by atoms with Gasteiger partial charge in [-0.25, -0.2) is 0 Å². The predicted octanol–water partition coefficient (Wildman–Crippen LogP) is 5.71. The van der Waals surface area contributed by atoms with E-state index in [1.54, 1.807) is 7.11 Å². The largest absolute Gasteiger partial charge is 0.497 e. The van der Waals surface area contributed by atoms with E-state index in [0.717, 1.165) is 16.9 Å². The zero-order chi connectivity index (χ0) is 24.4. The van der Waals surface area contributed by atoms with Crippen LogP contribution in [0, 0.1) is 5.92 Å². The number of hydrogen-bond acceptors (Lipinski definition) is 5. The van der Waals surface area contributed by atoms with Crippen LogP contribution in [0.25, 0.3) is 0 Å². The summed E-state index contributed by atoms with van der Waals surface area (Å²) in [4.78, 5) is 0. The first-order chi connectivity index (χ1) is 14.8. The Balaban J connectivity index is 2.29. The molecular weight excluding hydrogens is 420 g/mol. The monoisotopic (exact) mass is 466 g/mol. The fraction of sp³-hybridized carbons (Fsp3) is 0.692. The van der Waals surface area contributed by atoms with Gasteiger partial charge >= 0.3 is 0 Å². The summed E-state index contributed by atoms with van der Waals surface area (Å²) in [6, 6.07) is 7.85. The van der Waals surface area contributed by atoms with E-state index in [4.69, 9.17) is 13.9 Å². The first-order valence-corrected chi connectivity index (χ1v) is 14.6. The van der Waals surface area contributed by atoms with Gasteiger partial charge < -0.3 is 24.1 Å². The summed E-state index contributed by atoms with van der Waals surface area (Å²) in [6.07, 6.45) is 2.94. The number of aliphatic hydroxyl groups excluding tert-OH is 2. The number of hydrogen-bond donors (Lipinski definition) is 2. The molecule has 2 N–H and O–H groups in total. The fourth-order valence-electron chi connectivity index (χ4n) is 3.10. The summed E-state index contributed by atoms with van der Waals surface area (Å²) in [5, 5.41) is 20.9. The van der Waals surface area contributed by atoms with E-state index in [-0.39, 0.29) is 11.0 Å². The first-order valence-electron chi connectivity index (χ1n) is 11.7. The average molecular weight is 467 g/mol. The van der Waals surface area contributed by atoms with Crippen LogP contribution in [0.4, 0.5) is 0 Å². The Morgan fingerprint density at radius 3 is 2.25 bits per heavy atom. The quantitative estimate of drug-likeness (QED) is 0.272. The smallest absolute Gasteiger partial charge is 0.192 e. The van der Waals surface area contributed by atoms with Crippen LogP contribution in [-0.4, -0.2) is 51.1 Å². The van der Waals surface area contributed by atoms with Crippen molar-refractivity contribution in [2.75, 3.05) is 20.3 Å². The van der Waals surface area contributed by atoms with E-state index in [1.165, 1.54) is 0 Å². The van der Waals surface area contributed by atoms with Gasteiger partial charge in [-0.1, -0.05) is 51.5 Å². The van der Waals surface area contributed by atoms with Crippen LogP contribution in [0.1, 0.15) is 59.4 Å². The van der Waals surface area contributed by atoms with Crippen molar-refractivity contribution in [2.45, 2.75) is 90.8 Å². The van der Waals surface area contributed by atoms with Gasteiger partial charge in [0.15, 0.2) is 8.32 Å². The molecule has 184 valence electrons. The van der Waals surface area contributed by atoms with Gasteiger partial charge in [0, 0.05) is 6.61 Å². The Morgan fingerprint density at radius 1 is 1.06 bits per heavy atom. The molecule has 0 unspecified atom stereocenters. The molecule has 1 aromatic carbocycles. The van der Waals surface area contributed by atoms with E-state index >= 15 is 0 Å². The van der Waals surface area contributed by atoms with Crippen LogP contribution in [0.2, 0.25) is 18.1 Å². The molecule has 1 rings (SSSR count). The topological polar surface area (TPSA) is 68.2 Å². The minimum Gasteiger partial charge on any atom is -0.497 e. The third-order valence-corrected chi connectivity index (χ3v) is 10.7. The molecule has 5 nitrogen and oxygen atoms in total. The average Bonchev–Trinajstić information content (AvgIpc) is 2.70. The number of rotatable bonds is 14. The van der Waals surface area contributed by atoms with Crippen molar-refractivity contribution in [3.63, 3.8) is 0 Å². The van der Waals surface area contributed by atoms with E-state index in [0.29, 0.717) is 39.1 Å². The van der Waals surface area contributed by atoms with Crippen LogP contribution < -0.4 is 4.74 Å². The summed E-state index contributed by atoms with van der Waals surface area (Å²) in [6.45, 7) is 16.6. The maximum atomic E-state index is 10.4. The number of ether oxygens (including phenoxy) is 2. The lowest BCUT2D eigenvalue weighted by Gasteiger charge is -2.36. The molecule has 3 atom stereocenters. The molecule has 0 saturated heterocycles. The second kappa shape index (κ2) is 13.5. The highest BCUT2D eigenvalue weighted by Crippen LogP contribution is 2.36. The highest BCUT2D eigenvalue weighted by atomic mass is 28.4. The van der Waals surface area contributed by atoms with Gasteiger partial charge in [0.1, 0.15) is 5.75 Å². The molecule has 0 aliphatic heterocycles. The second-order valence-electron chi connectivity index (χ2n) is 10.6. The van der Waals surface area contributed by atoms with Crippen LogP contribution in [0.5, 0.6) is 5.75 Å². The maximum Gasteiger partial charge on any atom is 0.192 e. The third-order valence-electron chi connectivity index (χ3n) is 6.24. The van der Waals surface area contributed by atoms with Gasteiger partial charge in [0.25, 0.3) is 0 Å². The van der Waals surface area contributed by atoms with Gasteiger partial charge in [-0.2, -0.15) is 0 Å². The molecule has 0 fully saturated rings. The van der Waals surface area contributed by atoms with Crippen molar-refractivity contribution in [1.82, 2.24) is 0 Å². The molecule has 0 bridgehead atoms. The van der Waals surface area contributed by atoms with Crippen molar-refractivity contribution in [2.24, 2.45) is 5.92 Å². The Morgan fingerprint density at radius 2 is 1.69 bits per heavy atom. The predicted molar refractivity (Wildman–Crippen MR) is 135 cm³/mol. The van der Waals surface area contributed by atoms with Crippen LogP contribution in [0.15, 0.2) is 35.9 Å². The molecule has 0 heterocycles. The van der Waals surface area contributed by atoms with Crippen molar-refractivity contribution in [3.8, 4) is 5.75 Å². The van der Waals surface area contributed by atoms with Crippen molar-refractivity contribution < 1.29 is 24.1 Å². The molecule has 0 radical (unpaired) electrons. The maximum absolute atomic E-state index is 10.4. The molecule has 32 heavy (non-hydrogen) atoms. The molecule has 0 saturated carbocycles. The third kappa shape index (κ3) is 11.1. The van der Waals surface area contributed by atoms with E-state index in [1.807, 2.05) is 37.3 Å². The van der Waals surface area contributed by atoms with E-state index in [2.05, 4.69) is 40.8 Å². The Kier molecular flexibility index (Phi) is 12.2. The van der Waals surface area contributed by atoms with Crippen molar-refractivity contribution in [1.29, 1.82) is 0 Å². The van der Waals surface area contributed by atoms with Gasteiger partial charge in [-0.15, -0.1) is 0 Å². The van der Waals surface area contributed by atoms with Crippen LogP contribution >= 0.6 is 0 Å². The first kappa shape index (κ1) is 28.8. The van der Waals surface area contributed by atoms with E-state index in [9.17, 15) is 10.2 Å². The fourth-order valence-corrected chi connectivity index (χ4v) is 4.14. The van der Waals surface area contributed by atoms with Gasteiger partial charge in [0.2, 0.25) is 0 Å². The molecular formula is C26H46O5Si. The minimum absolute atomic E-state index is 0.137. The van der Waals surface area contributed by atoms with Gasteiger partial charge in [-0.3, -0.25) is 0 Å². The zero-order valence-corrected chi connectivity index (χ0v) is 22.5. The highest BCUT2D eigenvalue weighted by molar-refractivity contribution is 6.74. The molecule has 0 aliphatic carbocycles. The van der Waals surface area contributed by atoms with Crippen LogP contribution in [0.3, 0.4) is 0 Å². The number of methoxy groups -OCH3 is 1. The highest BCUT2D eigenvalue weighted by Gasteiger charge is 2.37. The SMILES string of the molecule is COc1ccc(COC[C@@H](C)C[C@H](O)C/C(C)=C/C[C@H](O)CO[Si](C)(C)C(C)(C)C)cc1. The molecule has 0 amide bonds. The van der Waals surface area contributed by atoms with Gasteiger partial charge in [-0.05, 0) is 67.9 Å². The standard InChI is InChI=1S/C26H46O5Si/c1-20(9-12-23(27)19-31-32(7,8)26(3,4)5)15-24(28)16-21(2)17-30-18-22-10-13-25(29-6)14-11-22/h9-11,13-14,21,23-24,27-28H,12,15-19H2,1-8H3/b20-9+/t21-,23-,24+/m0/s1. The number of aliphatic hydroxyl groups is 2. The molecule has 0 aliphatic rings. The summed E-state index contributed by atoms with van der Waals surface area (Å²) in [5.41, 5.74) is 2.20. The Hall–Kier alpha value is -1.18. The van der Waals surface area contributed by atoms with Crippen LogP contribution in [-0.2, 0) is 15.8 Å². The lowest BCUT2D eigenvalue weighted by molar-refractivity contribution is 0.0651. The molecule has 0 aromatic heterocycles. The van der Waals surface area contributed by atoms with Crippen molar-refractivity contribution in [3.05, 3.63) is 41.5 Å². The number of benzene rings is 1. The lowest BCUT2D eigenvalue weighted by Crippen LogP contribution is -2.42. The van der Waals surface area contributed by atoms with Gasteiger partial charge in [0.05, 0.1) is 32.5 Å². The summed E-state index contributed by atoms with van der Waals surface area (Å²) in [7, 11) is -0.189. The lowest BCUT2D eigenvalue weighted by atomic mass is 9.99. The summed E-state index contributed by atoms with van der Waals surface area (Å²) in [5.74, 6) is 1.10. The van der Waals surface area contributed by atoms with E-state index < -0.39 is 20.5 Å². The van der Waals surface area contributed by atoms with Crippen molar-refractivity contribution >= 4 is 8.32 Å². The minimum atomic E-state index is -1.84. The molecule has 1 aromatic rings. The normalized spacial score (nSPS) is 16.0. The summed E-state index contributed by atoms with van der Waals surface area (Å²) < 4.78 is 17.1. The Bertz CT molecular complexity index is 678. The second-order valence-corrected chi connectivity index (χ2v) is 15.4. The molecule has 0 spiro atoms.